The summed E-state index contributed by atoms with van der Waals surface area (Å²) in [6.45, 7) is 6.87. The molecule has 2 heterocycles. The Morgan fingerprint density at radius 1 is 1.45 bits per heavy atom. The Morgan fingerprint density at radius 3 is 2.65 bits per heavy atom. The average Bonchev–Trinajstić information content (AvgIpc) is 2.63. The number of aliphatic hydroxyl groups excluding tert-OH is 1. The molecule has 0 saturated carbocycles. The van der Waals surface area contributed by atoms with Crippen molar-refractivity contribution in [2.75, 3.05) is 0 Å². The largest absolute Gasteiger partial charge is 0.443 e. The highest BCUT2D eigenvalue weighted by atomic mass is 79.9. The van der Waals surface area contributed by atoms with Crippen LogP contribution in [-0.2, 0) is 11.3 Å². The number of halogens is 1. The number of ether oxygens (including phenoxy) is 1. The van der Waals surface area contributed by atoms with Crippen LogP contribution in [0.15, 0.2) is 10.7 Å². The van der Waals surface area contributed by atoms with Gasteiger partial charge < -0.3 is 9.84 Å². The second-order valence-corrected chi connectivity index (χ2v) is 6.26. The van der Waals surface area contributed by atoms with Gasteiger partial charge in [-0.2, -0.15) is 0 Å². The van der Waals surface area contributed by atoms with Crippen molar-refractivity contribution in [2.45, 2.75) is 39.9 Å². The molecule has 0 aliphatic carbocycles. The van der Waals surface area contributed by atoms with Crippen molar-refractivity contribution in [3.8, 4) is 0 Å². The fourth-order valence-electron chi connectivity index (χ4n) is 1.84. The maximum Gasteiger partial charge on any atom is 0.420 e. The molecule has 2 aromatic heterocycles. The van der Waals surface area contributed by atoms with Gasteiger partial charge in [-0.15, -0.1) is 0 Å². The van der Waals surface area contributed by atoms with Crippen LogP contribution in [0.1, 0.15) is 32.3 Å². The zero-order valence-electron chi connectivity index (χ0n) is 11.8. The summed E-state index contributed by atoms with van der Waals surface area (Å²) < 4.78 is 7.30. The fraction of sp³-hybridized carbons (Fsp3) is 0.462. The molecule has 0 saturated heterocycles. The lowest BCUT2D eigenvalue weighted by Gasteiger charge is -2.19. The molecule has 2 rings (SSSR count). The normalized spacial score (nSPS) is 11.9. The Morgan fingerprint density at radius 2 is 2.10 bits per heavy atom. The number of nitrogens with zero attached hydrogens (tertiary/aromatic N) is 3. The van der Waals surface area contributed by atoms with Crippen LogP contribution in [-0.4, -0.2) is 31.3 Å². The first-order chi connectivity index (χ1) is 9.23. The molecule has 1 N–H and O–H groups in total. The molecule has 0 aliphatic rings. The number of aromatic nitrogens is 3. The maximum atomic E-state index is 12.2. The second-order valence-electron chi connectivity index (χ2n) is 5.40. The van der Waals surface area contributed by atoms with Gasteiger partial charge in [0.2, 0.25) is 0 Å². The number of hydrogen-bond donors (Lipinski definition) is 1. The molecule has 0 bridgehead atoms. The molecule has 0 atom stereocenters. The van der Waals surface area contributed by atoms with Gasteiger partial charge in [-0.25, -0.2) is 19.3 Å². The van der Waals surface area contributed by atoms with Crippen LogP contribution < -0.4 is 0 Å². The molecular formula is C13H16BrN3O3. The molecule has 0 amide bonds. The van der Waals surface area contributed by atoms with E-state index in [2.05, 4.69) is 25.9 Å². The van der Waals surface area contributed by atoms with Gasteiger partial charge in [-0.3, -0.25) is 0 Å². The lowest BCUT2D eigenvalue weighted by atomic mass is 10.2. The van der Waals surface area contributed by atoms with E-state index in [1.807, 2.05) is 0 Å². The number of carbonyl (C=O) groups excluding carboxylic acids is 1. The first-order valence-corrected chi connectivity index (χ1v) is 6.90. The average molecular weight is 342 g/mol. The van der Waals surface area contributed by atoms with Crippen LogP contribution in [0.4, 0.5) is 4.79 Å². The van der Waals surface area contributed by atoms with E-state index in [1.165, 1.54) is 4.57 Å². The summed E-state index contributed by atoms with van der Waals surface area (Å²) >= 11 is 3.36. The minimum absolute atomic E-state index is 0.225. The molecule has 108 valence electrons. The molecule has 0 radical (unpaired) electrons. The Balaban J connectivity index is 2.61. The van der Waals surface area contributed by atoms with Crippen LogP contribution in [0, 0.1) is 6.92 Å². The number of aryl methyl sites for hydroxylation is 1. The molecule has 2 aromatic rings. The summed E-state index contributed by atoms with van der Waals surface area (Å²) in [4.78, 5) is 20.6. The predicted molar refractivity (Wildman–Crippen MR) is 77.5 cm³/mol. The van der Waals surface area contributed by atoms with Gasteiger partial charge >= 0.3 is 6.09 Å². The zero-order valence-corrected chi connectivity index (χ0v) is 13.4. The van der Waals surface area contributed by atoms with Crippen LogP contribution in [0.25, 0.3) is 11.0 Å². The van der Waals surface area contributed by atoms with Crippen molar-refractivity contribution < 1.29 is 14.6 Å². The van der Waals surface area contributed by atoms with Crippen LogP contribution in [0.3, 0.4) is 0 Å². The van der Waals surface area contributed by atoms with Crippen molar-refractivity contribution in [2.24, 2.45) is 0 Å². The SMILES string of the molecule is Cc1nc(CO)c2c(Br)cn(C(=O)OC(C)(C)C)c2n1. The van der Waals surface area contributed by atoms with Gasteiger partial charge in [0.1, 0.15) is 11.4 Å². The summed E-state index contributed by atoms with van der Waals surface area (Å²) in [5, 5.41) is 10.00. The predicted octanol–water partition coefficient (Wildman–Crippen LogP) is 2.78. The molecule has 20 heavy (non-hydrogen) atoms. The molecule has 7 heteroatoms. The third kappa shape index (κ3) is 2.83. The summed E-state index contributed by atoms with van der Waals surface area (Å²) in [6.07, 6.45) is 1.06. The van der Waals surface area contributed by atoms with Crippen molar-refractivity contribution in [1.82, 2.24) is 14.5 Å². The van der Waals surface area contributed by atoms with E-state index in [0.717, 1.165) is 0 Å². The van der Waals surface area contributed by atoms with E-state index in [1.54, 1.807) is 33.9 Å². The molecular weight excluding hydrogens is 326 g/mol. The highest BCUT2D eigenvalue weighted by molar-refractivity contribution is 9.10. The molecule has 0 aliphatic heterocycles. The summed E-state index contributed by atoms with van der Waals surface area (Å²) in [7, 11) is 0. The summed E-state index contributed by atoms with van der Waals surface area (Å²) in [5.41, 5.74) is 0.298. The smallest absolute Gasteiger partial charge is 0.420 e. The van der Waals surface area contributed by atoms with Crippen LogP contribution in [0.5, 0.6) is 0 Å². The van der Waals surface area contributed by atoms with Crippen LogP contribution >= 0.6 is 15.9 Å². The number of fused-ring (bicyclic) bond motifs is 1. The van der Waals surface area contributed by atoms with Gasteiger partial charge in [0.15, 0.2) is 5.65 Å². The topological polar surface area (TPSA) is 77.2 Å². The maximum absolute atomic E-state index is 12.2. The number of rotatable bonds is 1. The van der Waals surface area contributed by atoms with Crippen molar-refractivity contribution >= 4 is 33.1 Å². The van der Waals surface area contributed by atoms with Crippen molar-refractivity contribution in [3.63, 3.8) is 0 Å². The van der Waals surface area contributed by atoms with E-state index in [-0.39, 0.29) is 6.61 Å². The Bertz CT molecular complexity index is 674. The quantitative estimate of drug-likeness (QED) is 0.862. The first-order valence-electron chi connectivity index (χ1n) is 6.11. The van der Waals surface area contributed by atoms with Gasteiger partial charge in [0, 0.05) is 10.7 Å². The Kier molecular flexibility index (Phi) is 3.84. The lowest BCUT2D eigenvalue weighted by Crippen LogP contribution is -2.27. The number of hydrogen-bond acceptors (Lipinski definition) is 5. The van der Waals surface area contributed by atoms with Crippen molar-refractivity contribution in [3.05, 3.63) is 22.2 Å². The standard InChI is InChI=1S/C13H16BrN3O3/c1-7-15-9(6-18)10-8(14)5-17(11(10)16-7)12(19)20-13(2,3)4/h5,18H,6H2,1-4H3. The minimum Gasteiger partial charge on any atom is -0.443 e. The van der Waals surface area contributed by atoms with Gasteiger partial charge in [0.25, 0.3) is 0 Å². The van der Waals surface area contributed by atoms with E-state index < -0.39 is 11.7 Å². The highest BCUT2D eigenvalue weighted by Crippen LogP contribution is 2.28. The minimum atomic E-state index is -0.595. The fourth-order valence-corrected chi connectivity index (χ4v) is 2.45. The molecule has 0 spiro atoms. The van der Waals surface area contributed by atoms with E-state index in [9.17, 15) is 9.90 Å². The van der Waals surface area contributed by atoms with Gasteiger partial charge in [0.05, 0.1) is 17.7 Å². The monoisotopic (exact) mass is 341 g/mol. The Labute approximate surface area is 124 Å². The zero-order chi connectivity index (χ0) is 15.1. The third-order valence-electron chi connectivity index (χ3n) is 2.53. The van der Waals surface area contributed by atoms with Gasteiger partial charge in [-0.1, -0.05) is 0 Å². The Hall–Kier alpha value is -1.47. The van der Waals surface area contributed by atoms with E-state index >= 15 is 0 Å². The second kappa shape index (κ2) is 5.14. The van der Waals surface area contributed by atoms with Crippen molar-refractivity contribution in [1.29, 1.82) is 0 Å². The summed E-state index contributed by atoms with van der Waals surface area (Å²) in [6, 6.07) is 0. The van der Waals surface area contributed by atoms with E-state index in [4.69, 9.17) is 4.74 Å². The first kappa shape index (κ1) is 14.9. The highest BCUT2D eigenvalue weighted by Gasteiger charge is 2.22. The molecule has 0 aromatic carbocycles. The number of aliphatic hydroxyl groups is 1. The third-order valence-corrected chi connectivity index (χ3v) is 3.13. The van der Waals surface area contributed by atoms with E-state index in [0.29, 0.717) is 27.0 Å². The van der Waals surface area contributed by atoms with Gasteiger partial charge in [-0.05, 0) is 43.6 Å². The molecule has 0 fully saturated rings. The summed E-state index contributed by atoms with van der Waals surface area (Å²) in [5.74, 6) is 0.483. The number of carbonyl (C=O) groups is 1. The molecule has 6 nitrogen and oxygen atoms in total. The van der Waals surface area contributed by atoms with Crippen LogP contribution in [0.2, 0.25) is 0 Å². The lowest BCUT2D eigenvalue weighted by molar-refractivity contribution is 0.0543. The molecule has 0 unspecified atom stereocenters.